The number of nitrogens with two attached hydrogens (primary N) is 1. The summed E-state index contributed by atoms with van der Waals surface area (Å²) in [6.07, 6.45) is 1.54. The predicted octanol–water partition coefficient (Wildman–Crippen LogP) is 0.997. The van der Waals surface area contributed by atoms with Crippen LogP contribution in [0.15, 0.2) is 29.4 Å². The summed E-state index contributed by atoms with van der Waals surface area (Å²) in [5, 5.41) is 3.63. The Morgan fingerprint density at radius 1 is 1.62 bits per heavy atom. The van der Waals surface area contributed by atoms with Crippen molar-refractivity contribution >= 4 is 12.2 Å². The first-order valence-corrected chi connectivity index (χ1v) is 3.83. The number of rotatable bonds is 2. The number of nitrogens with zero attached hydrogens (tertiary/aromatic N) is 1. The Morgan fingerprint density at radius 2 is 2.38 bits per heavy atom. The number of aryl methyl sites for hydroxylation is 1. The number of hydrogen-bond acceptors (Lipinski definition) is 2. The maximum atomic E-state index is 10.3. The Morgan fingerprint density at radius 3 is 3.00 bits per heavy atom. The van der Waals surface area contributed by atoms with Crippen molar-refractivity contribution in [2.45, 2.75) is 6.92 Å². The number of urea groups is 1. The quantitative estimate of drug-likeness (QED) is 0.513. The number of benzene rings is 1. The molecule has 0 aromatic heterocycles. The van der Waals surface area contributed by atoms with Gasteiger partial charge in [-0.2, -0.15) is 5.10 Å². The van der Waals surface area contributed by atoms with E-state index < -0.39 is 6.03 Å². The summed E-state index contributed by atoms with van der Waals surface area (Å²) in [5.74, 6) is 0. The Labute approximate surface area is 76.4 Å². The molecule has 1 aromatic rings. The minimum Gasteiger partial charge on any atom is -0.350 e. The van der Waals surface area contributed by atoms with Gasteiger partial charge in [0.25, 0.3) is 0 Å². The van der Waals surface area contributed by atoms with Crippen LogP contribution in [0, 0.1) is 6.92 Å². The Kier molecular flexibility index (Phi) is 3.03. The van der Waals surface area contributed by atoms with E-state index in [1.807, 2.05) is 31.2 Å². The first-order valence-electron chi connectivity index (χ1n) is 3.83. The molecule has 13 heavy (non-hydrogen) atoms. The maximum Gasteiger partial charge on any atom is 0.332 e. The first-order chi connectivity index (χ1) is 6.18. The van der Waals surface area contributed by atoms with Gasteiger partial charge in [0.15, 0.2) is 0 Å². The topological polar surface area (TPSA) is 67.5 Å². The zero-order chi connectivity index (χ0) is 9.68. The molecule has 1 aromatic carbocycles. The van der Waals surface area contributed by atoms with E-state index in [9.17, 15) is 4.79 Å². The fourth-order valence-electron chi connectivity index (χ4n) is 0.921. The molecule has 0 unspecified atom stereocenters. The van der Waals surface area contributed by atoms with Crippen LogP contribution in [-0.4, -0.2) is 12.2 Å². The van der Waals surface area contributed by atoms with Gasteiger partial charge in [-0.3, -0.25) is 0 Å². The fraction of sp³-hybridized carbons (Fsp3) is 0.111. The summed E-state index contributed by atoms with van der Waals surface area (Å²) in [6.45, 7) is 1.98. The number of carbonyl (C=O) groups excluding carboxylic acids is 1. The largest absolute Gasteiger partial charge is 0.350 e. The standard InChI is InChI=1S/C9H11N3O/c1-7-3-2-4-8(5-7)6-11-12-9(10)13/h2-6H,1H3,(H3,10,12,13). The van der Waals surface area contributed by atoms with E-state index >= 15 is 0 Å². The first kappa shape index (κ1) is 9.25. The van der Waals surface area contributed by atoms with Gasteiger partial charge >= 0.3 is 6.03 Å². The normalized spacial score (nSPS) is 10.2. The van der Waals surface area contributed by atoms with Gasteiger partial charge in [-0.1, -0.05) is 29.8 Å². The van der Waals surface area contributed by atoms with Crippen molar-refractivity contribution < 1.29 is 4.79 Å². The molecule has 2 amide bonds. The number of primary amides is 1. The lowest BCUT2D eigenvalue weighted by Gasteiger charge is -1.94. The molecule has 68 valence electrons. The minimum atomic E-state index is -0.663. The third kappa shape index (κ3) is 3.37. The van der Waals surface area contributed by atoms with E-state index in [0.29, 0.717) is 0 Å². The Bertz CT molecular complexity index is 333. The molecular weight excluding hydrogens is 166 g/mol. The van der Waals surface area contributed by atoms with E-state index in [0.717, 1.165) is 11.1 Å². The predicted molar refractivity (Wildman–Crippen MR) is 51.5 cm³/mol. The van der Waals surface area contributed by atoms with Crippen LogP contribution in [0.4, 0.5) is 4.79 Å². The molecule has 0 aliphatic carbocycles. The van der Waals surface area contributed by atoms with Gasteiger partial charge in [0, 0.05) is 0 Å². The summed E-state index contributed by atoms with van der Waals surface area (Å²) >= 11 is 0. The molecule has 1 rings (SSSR count). The molecule has 0 bridgehead atoms. The van der Waals surface area contributed by atoms with Gasteiger partial charge in [0.2, 0.25) is 0 Å². The highest BCUT2D eigenvalue weighted by atomic mass is 16.2. The van der Waals surface area contributed by atoms with Crippen LogP contribution in [0.1, 0.15) is 11.1 Å². The van der Waals surface area contributed by atoms with Gasteiger partial charge in [-0.05, 0) is 12.5 Å². The van der Waals surface area contributed by atoms with Crippen molar-refractivity contribution in [1.82, 2.24) is 5.43 Å². The van der Waals surface area contributed by atoms with E-state index in [-0.39, 0.29) is 0 Å². The summed E-state index contributed by atoms with van der Waals surface area (Å²) in [4.78, 5) is 10.3. The van der Waals surface area contributed by atoms with Crippen LogP contribution in [-0.2, 0) is 0 Å². The van der Waals surface area contributed by atoms with Crippen molar-refractivity contribution in [3.8, 4) is 0 Å². The van der Waals surface area contributed by atoms with Crippen LogP contribution >= 0.6 is 0 Å². The molecule has 0 atom stereocenters. The summed E-state index contributed by atoms with van der Waals surface area (Å²) in [7, 11) is 0. The highest BCUT2D eigenvalue weighted by molar-refractivity contribution is 5.81. The molecule has 0 spiro atoms. The van der Waals surface area contributed by atoms with Gasteiger partial charge in [0.05, 0.1) is 6.21 Å². The second-order valence-electron chi connectivity index (χ2n) is 2.65. The second-order valence-corrected chi connectivity index (χ2v) is 2.65. The minimum absolute atomic E-state index is 0.663. The van der Waals surface area contributed by atoms with E-state index in [4.69, 9.17) is 5.73 Å². The molecule has 0 radical (unpaired) electrons. The van der Waals surface area contributed by atoms with Crippen LogP contribution in [0.3, 0.4) is 0 Å². The van der Waals surface area contributed by atoms with Crippen LogP contribution in [0.5, 0.6) is 0 Å². The summed E-state index contributed by atoms with van der Waals surface area (Å²) in [5.41, 5.74) is 9.01. The monoisotopic (exact) mass is 177 g/mol. The van der Waals surface area contributed by atoms with Crippen molar-refractivity contribution in [3.63, 3.8) is 0 Å². The average Bonchev–Trinajstić information content (AvgIpc) is 2.03. The van der Waals surface area contributed by atoms with Crippen LogP contribution in [0.2, 0.25) is 0 Å². The van der Waals surface area contributed by atoms with E-state index in [2.05, 4.69) is 10.5 Å². The third-order valence-corrected chi connectivity index (χ3v) is 1.43. The van der Waals surface area contributed by atoms with Gasteiger partial charge in [-0.15, -0.1) is 0 Å². The van der Waals surface area contributed by atoms with E-state index in [1.165, 1.54) is 6.21 Å². The van der Waals surface area contributed by atoms with E-state index in [1.54, 1.807) is 0 Å². The highest BCUT2D eigenvalue weighted by Gasteiger charge is 1.88. The molecule has 4 heteroatoms. The highest BCUT2D eigenvalue weighted by Crippen LogP contribution is 2.00. The molecule has 0 saturated heterocycles. The van der Waals surface area contributed by atoms with Crippen molar-refractivity contribution in [1.29, 1.82) is 0 Å². The lowest BCUT2D eigenvalue weighted by Crippen LogP contribution is -2.24. The molecular formula is C9H11N3O. The Balaban J connectivity index is 2.63. The lowest BCUT2D eigenvalue weighted by molar-refractivity contribution is 0.249. The van der Waals surface area contributed by atoms with Crippen LogP contribution < -0.4 is 11.2 Å². The number of nitrogens with one attached hydrogen (secondary N) is 1. The second kappa shape index (κ2) is 4.25. The number of hydrogen-bond donors (Lipinski definition) is 2. The average molecular weight is 177 g/mol. The third-order valence-electron chi connectivity index (χ3n) is 1.43. The van der Waals surface area contributed by atoms with Crippen molar-refractivity contribution in [2.75, 3.05) is 0 Å². The Hall–Kier alpha value is -1.84. The van der Waals surface area contributed by atoms with Gasteiger partial charge in [-0.25, -0.2) is 10.2 Å². The summed E-state index contributed by atoms with van der Waals surface area (Å²) < 4.78 is 0. The van der Waals surface area contributed by atoms with Crippen LogP contribution in [0.25, 0.3) is 0 Å². The summed E-state index contributed by atoms with van der Waals surface area (Å²) in [6, 6.07) is 7.08. The smallest absolute Gasteiger partial charge is 0.332 e. The molecule has 0 aliphatic heterocycles. The zero-order valence-electron chi connectivity index (χ0n) is 7.32. The molecule has 0 aliphatic rings. The number of amides is 2. The maximum absolute atomic E-state index is 10.3. The number of hydrazone groups is 1. The van der Waals surface area contributed by atoms with Gasteiger partial charge in [0.1, 0.15) is 0 Å². The van der Waals surface area contributed by atoms with Crippen molar-refractivity contribution in [3.05, 3.63) is 35.4 Å². The lowest BCUT2D eigenvalue weighted by atomic mass is 10.2. The van der Waals surface area contributed by atoms with Gasteiger partial charge < -0.3 is 5.73 Å². The molecule has 0 saturated carbocycles. The molecule has 4 nitrogen and oxygen atoms in total. The van der Waals surface area contributed by atoms with Crippen molar-refractivity contribution in [2.24, 2.45) is 10.8 Å². The zero-order valence-corrected chi connectivity index (χ0v) is 7.32. The molecule has 0 heterocycles. The fourth-order valence-corrected chi connectivity index (χ4v) is 0.921. The SMILES string of the molecule is Cc1cccc(C=NNC(N)=O)c1. The molecule has 0 fully saturated rings. The molecule has 3 N–H and O–H groups in total. The number of carbonyl (C=O) groups is 1.